The molecule has 0 spiro atoms. The van der Waals surface area contributed by atoms with Crippen molar-refractivity contribution in [3.05, 3.63) is 71.8 Å². The van der Waals surface area contributed by atoms with Gasteiger partial charge >= 0.3 is 0 Å². The molecule has 100 valence electrons. The summed E-state index contributed by atoms with van der Waals surface area (Å²) in [6.45, 7) is 0. The molecule has 0 saturated carbocycles. The van der Waals surface area contributed by atoms with Crippen LogP contribution < -0.4 is 0 Å². The Bertz CT molecular complexity index is 471. The normalized spacial score (nSPS) is 9.84. The van der Waals surface area contributed by atoms with Crippen molar-refractivity contribution in [2.24, 2.45) is 0 Å². The van der Waals surface area contributed by atoms with Crippen molar-refractivity contribution in [2.45, 2.75) is 5.92 Å². The van der Waals surface area contributed by atoms with Crippen molar-refractivity contribution in [1.29, 1.82) is 0 Å². The molecule has 3 heteroatoms. The summed E-state index contributed by atoms with van der Waals surface area (Å²) in [5, 5.41) is 0. The van der Waals surface area contributed by atoms with Crippen LogP contribution in [-0.4, -0.2) is 35.9 Å². The maximum atomic E-state index is 12.4. The second-order valence-corrected chi connectivity index (χ2v) is 4.49. The lowest BCUT2D eigenvalue weighted by molar-refractivity contribution is -0.129. The van der Waals surface area contributed by atoms with Gasteiger partial charge in [-0.1, -0.05) is 60.7 Å². The zero-order chi connectivity index (χ0) is 13.0. The van der Waals surface area contributed by atoms with Gasteiger partial charge in [-0.2, -0.15) is 0 Å². The predicted octanol–water partition coefficient (Wildman–Crippen LogP) is 1.46. The van der Waals surface area contributed by atoms with E-state index in [4.69, 9.17) is 0 Å². The van der Waals surface area contributed by atoms with Crippen molar-refractivity contribution in [3.63, 3.8) is 0 Å². The van der Waals surface area contributed by atoms with E-state index in [1.165, 1.54) is 0 Å². The Labute approximate surface area is 119 Å². The second kappa shape index (κ2) is 6.90. The molecule has 0 aliphatic carbocycles. The molecule has 0 unspecified atom stereocenters. The molecule has 0 radical (unpaired) electrons. The third-order valence-electron chi connectivity index (χ3n) is 2.95. The van der Waals surface area contributed by atoms with Crippen LogP contribution in [0, 0.1) is 0 Å². The van der Waals surface area contributed by atoms with E-state index in [-0.39, 0.29) is 22.8 Å². The molecule has 0 aromatic heterocycles. The van der Waals surface area contributed by atoms with Gasteiger partial charge in [0.25, 0.3) is 0 Å². The van der Waals surface area contributed by atoms with Crippen molar-refractivity contribution in [3.8, 4) is 0 Å². The quantitative estimate of drug-likeness (QED) is 0.774. The minimum Gasteiger partial charge on any atom is -0.348 e. The van der Waals surface area contributed by atoms with E-state index in [9.17, 15) is 4.79 Å². The summed E-state index contributed by atoms with van der Waals surface area (Å²) in [7, 11) is 3.59. The number of nitrogens with zero attached hydrogens (tertiary/aromatic N) is 1. The highest BCUT2D eigenvalue weighted by Crippen LogP contribution is 2.25. The molecule has 2 nitrogen and oxygen atoms in total. The van der Waals surface area contributed by atoms with Gasteiger partial charge in [0.05, 0.1) is 5.92 Å². The summed E-state index contributed by atoms with van der Waals surface area (Å²) in [4.78, 5) is 14.0. The SMILES string of the molecule is CN(C)C(=O)C(c1ccccc1)c1ccccc1.[SiH4]. The Kier molecular flexibility index (Phi) is 5.51. The molecule has 2 aromatic rings. The van der Waals surface area contributed by atoms with Gasteiger partial charge in [-0.05, 0) is 22.1 Å². The van der Waals surface area contributed by atoms with Crippen LogP contribution in [0.4, 0.5) is 0 Å². The standard InChI is InChI=1S/C16H17NO.H4Si/c1-17(2)16(18)15(13-9-5-3-6-10-13)14-11-7-4-8-12-14;/h3-12,15H,1-2H3;1H4. The average Bonchev–Trinajstić information content (AvgIpc) is 2.41. The Balaban J connectivity index is 0.00000180. The summed E-state index contributed by atoms with van der Waals surface area (Å²) in [6.07, 6.45) is 0. The van der Waals surface area contributed by atoms with E-state index in [0.29, 0.717) is 0 Å². The molecule has 0 atom stereocenters. The Hall–Kier alpha value is -1.87. The van der Waals surface area contributed by atoms with E-state index < -0.39 is 0 Å². The van der Waals surface area contributed by atoms with Crippen LogP contribution in [0.3, 0.4) is 0 Å². The van der Waals surface area contributed by atoms with E-state index >= 15 is 0 Å². The number of hydrogen-bond acceptors (Lipinski definition) is 1. The predicted molar refractivity (Wildman–Crippen MR) is 84.8 cm³/mol. The first-order chi connectivity index (χ1) is 8.70. The van der Waals surface area contributed by atoms with Crippen LogP contribution in [0.2, 0.25) is 0 Å². The van der Waals surface area contributed by atoms with Gasteiger partial charge in [-0.25, -0.2) is 0 Å². The number of carbonyl (C=O) groups is 1. The molecule has 2 aromatic carbocycles. The van der Waals surface area contributed by atoms with E-state index in [2.05, 4.69) is 0 Å². The minimum absolute atomic E-state index is 0. The van der Waals surface area contributed by atoms with Gasteiger partial charge in [-0.15, -0.1) is 0 Å². The maximum Gasteiger partial charge on any atom is 0.234 e. The molecule has 1 amide bonds. The van der Waals surface area contributed by atoms with Gasteiger partial charge in [0.15, 0.2) is 0 Å². The Morgan fingerprint density at radius 3 is 1.53 bits per heavy atom. The smallest absolute Gasteiger partial charge is 0.234 e. The molecule has 2 rings (SSSR count). The van der Waals surface area contributed by atoms with Crippen molar-refractivity contribution in [1.82, 2.24) is 4.90 Å². The molecule has 19 heavy (non-hydrogen) atoms. The third-order valence-corrected chi connectivity index (χ3v) is 2.95. The number of hydrogen-bond donors (Lipinski definition) is 0. The van der Waals surface area contributed by atoms with Crippen molar-refractivity contribution >= 4 is 16.9 Å². The molecule has 0 fully saturated rings. The Morgan fingerprint density at radius 2 is 1.21 bits per heavy atom. The molecule has 0 saturated heterocycles. The van der Waals surface area contributed by atoms with E-state index in [1.807, 2.05) is 60.7 Å². The molecule has 0 aliphatic rings. The summed E-state index contributed by atoms with van der Waals surface area (Å²) >= 11 is 0. The first-order valence-corrected chi connectivity index (χ1v) is 6.01. The van der Waals surface area contributed by atoms with Gasteiger partial charge in [0.2, 0.25) is 5.91 Å². The number of rotatable bonds is 3. The molecular weight excluding hydrogens is 250 g/mol. The molecule has 0 N–H and O–H groups in total. The molecular formula is C16H21NOSi. The van der Waals surface area contributed by atoms with Gasteiger partial charge in [0.1, 0.15) is 0 Å². The molecule has 0 heterocycles. The number of likely N-dealkylation sites (N-methyl/N-ethyl adjacent to an activating group) is 1. The zero-order valence-corrected chi connectivity index (χ0v) is 10.7. The van der Waals surface area contributed by atoms with Crippen LogP contribution >= 0.6 is 0 Å². The van der Waals surface area contributed by atoms with Crippen molar-refractivity contribution in [2.75, 3.05) is 14.1 Å². The Morgan fingerprint density at radius 1 is 0.842 bits per heavy atom. The molecule has 0 bridgehead atoms. The van der Waals surface area contributed by atoms with Crippen LogP contribution in [0.5, 0.6) is 0 Å². The van der Waals surface area contributed by atoms with Crippen LogP contribution in [0.15, 0.2) is 60.7 Å². The summed E-state index contributed by atoms with van der Waals surface area (Å²) in [5.74, 6) is -0.116. The van der Waals surface area contributed by atoms with E-state index in [0.717, 1.165) is 11.1 Å². The van der Waals surface area contributed by atoms with Gasteiger partial charge in [-0.3, -0.25) is 4.79 Å². The lowest BCUT2D eigenvalue weighted by Gasteiger charge is -2.21. The average molecular weight is 271 g/mol. The first kappa shape index (κ1) is 15.2. The fourth-order valence-electron chi connectivity index (χ4n) is 2.03. The molecule has 0 aliphatic heterocycles. The van der Waals surface area contributed by atoms with Crippen molar-refractivity contribution < 1.29 is 4.79 Å². The first-order valence-electron chi connectivity index (χ1n) is 6.01. The van der Waals surface area contributed by atoms with E-state index in [1.54, 1.807) is 19.0 Å². The second-order valence-electron chi connectivity index (χ2n) is 4.49. The fourth-order valence-corrected chi connectivity index (χ4v) is 2.03. The zero-order valence-electron chi connectivity index (χ0n) is 10.7. The summed E-state index contributed by atoms with van der Waals surface area (Å²) < 4.78 is 0. The lowest BCUT2D eigenvalue weighted by Crippen LogP contribution is -2.28. The monoisotopic (exact) mass is 271 g/mol. The number of amides is 1. The van der Waals surface area contributed by atoms with Gasteiger partial charge in [0, 0.05) is 14.1 Å². The fraction of sp³-hybridized carbons (Fsp3) is 0.188. The van der Waals surface area contributed by atoms with Crippen LogP contribution in [-0.2, 0) is 4.79 Å². The lowest BCUT2D eigenvalue weighted by atomic mass is 9.90. The largest absolute Gasteiger partial charge is 0.348 e. The maximum absolute atomic E-state index is 12.4. The number of carbonyl (C=O) groups excluding carboxylic acids is 1. The third kappa shape index (κ3) is 3.55. The number of benzene rings is 2. The van der Waals surface area contributed by atoms with Crippen LogP contribution in [0.25, 0.3) is 0 Å². The summed E-state index contributed by atoms with van der Waals surface area (Å²) in [5.41, 5.74) is 2.06. The van der Waals surface area contributed by atoms with Gasteiger partial charge < -0.3 is 4.90 Å². The minimum atomic E-state index is -0.220. The highest BCUT2D eigenvalue weighted by atomic mass is 28.1. The topological polar surface area (TPSA) is 20.3 Å². The summed E-state index contributed by atoms with van der Waals surface area (Å²) in [6, 6.07) is 19.8. The van der Waals surface area contributed by atoms with Crippen LogP contribution in [0.1, 0.15) is 17.0 Å². The highest BCUT2D eigenvalue weighted by molar-refractivity contribution is 5.86. The highest BCUT2D eigenvalue weighted by Gasteiger charge is 2.23.